The zero-order chi connectivity index (χ0) is 14.7. The molecule has 1 aromatic rings. The van der Waals surface area contributed by atoms with Crippen molar-refractivity contribution in [1.29, 1.82) is 5.26 Å². The number of nitrogens with zero attached hydrogens (tertiary/aromatic N) is 1. The van der Waals surface area contributed by atoms with Gasteiger partial charge in [-0.2, -0.15) is 5.26 Å². The van der Waals surface area contributed by atoms with Crippen LogP contribution in [0.4, 0.5) is 5.00 Å². The molecule has 0 saturated carbocycles. The SMILES string of the molecule is N#Cc1c(NC(=O)C2COCCN2)sc2c1CCCCC2. The second-order valence-electron chi connectivity index (χ2n) is 5.45. The Kier molecular flexibility index (Phi) is 4.54. The third-order valence-electron chi connectivity index (χ3n) is 4.01. The average Bonchev–Trinajstić information content (AvgIpc) is 2.68. The van der Waals surface area contributed by atoms with Crippen LogP contribution in [0, 0.1) is 11.3 Å². The fraction of sp³-hybridized carbons (Fsp3) is 0.600. The van der Waals surface area contributed by atoms with Crippen molar-refractivity contribution in [2.45, 2.75) is 38.1 Å². The molecular weight excluding hydrogens is 286 g/mol. The molecule has 3 rings (SSSR count). The predicted octanol–water partition coefficient (Wildman–Crippen LogP) is 1.82. The topological polar surface area (TPSA) is 74.2 Å². The zero-order valence-corrected chi connectivity index (χ0v) is 12.7. The van der Waals surface area contributed by atoms with Gasteiger partial charge in [0.2, 0.25) is 5.91 Å². The minimum Gasteiger partial charge on any atom is -0.378 e. The van der Waals surface area contributed by atoms with Crippen LogP contribution in [-0.4, -0.2) is 31.7 Å². The van der Waals surface area contributed by atoms with E-state index in [9.17, 15) is 10.1 Å². The summed E-state index contributed by atoms with van der Waals surface area (Å²) in [5.74, 6) is -0.109. The summed E-state index contributed by atoms with van der Waals surface area (Å²) in [5, 5.41) is 16.2. The molecule has 2 N–H and O–H groups in total. The second-order valence-corrected chi connectivity index (χ2v) is 6.56. The van der Waals surface area contributed by atoms with E-state index in [1.807, 2.05) is 0 Å². The quantitative estimate of drug-likeness (QED) is 0.817. The van der Waals surface area contributed by atoms with Gasteiger partial charge in [-0.25, -0.2) is 0 Å². The summed E-state index contributed by atoms with van der Waals surface area (Å²) in [5.41, 5.74) is 1.82. The molecule has 1 saturated heterocycles. The molecule has 1 aliphatic carbocycles. The molecule has 6 heteroatoms. The molecule has 2 aliphatic rings. The molecule has 0 spiro atoms. The van der Waals surface area contributed by atoms with Crippen molar-refractivity contribution in [3.8, 4) is 6.07 Å². The lowest BCUT2D eigenvalue weighted by Crippen LogP contribution is -2.48. The molecule has 112 valence electrons. The van der Waals surface area contributed by atoms with Crippen LogP contribution in [0.5, 0.6) is 0 Å². The summed E-state index contributed by atoms with van der Waals surface area (Å²) in [6.45, 7) is 1.71. The lowest BCUT2D eigenvalue weighted by Gasteiger charge is -2.22. The molecule has 5 nitrogen and oxygen atoms in total. The molecule has 0 bridgehead atoms. The highest BCUT2D eigenvalue weighted by Crippen LogP contribution is 2.37. The number of morpholine rings is 1. The van der Waals surface area contributed by atoms with E-state index in [0.717, 1.165) is 24.8 Å². The molecule has 1 atom stereocenters. The lowest BCUT2D eigenvalue weighted by molar-refractivity contribution is -0.120. The number of fused-ring (bicyclic) bond motifs is 1. The summed E-state index contributed by atoms with van der Waals surface area (Å²) in [7, 11) is 0. The smallest absolute Gasteiger partial charge is 0.244 e. The first-order valence-electron chi connectivity index (χ1n) is 7.46. The van der Waals surface area contributed by atoms with Gasteiger partial charge >= 0.3 is 0 Å². The monoisotopic (exact) mass is 305 g/mol. The number of amides is 1. The maximum Gasteiger partial charge on any atom is 0.244 e. The highest BCUT2D eigenvalue weighted by Gasteiger charge is 2.25. The zero-order valence-electron chi connectivity index (χ0n) is 11.9. The van der Waals surface area contributed by atoms with Gasteiger partial charge in [0.05, 0.1) is 18.8 Å². The number of carbonyl (C=O) groups is 1. The molecule has 1 fully saturated rings. The molecule has 0 radical (unpaired) electrons. The second kappa shape index (κ2) is 6.56. The van der Waals surface area contributed by atoms with Gasteiger partial charge in [0.1, 0.15) is 17.1 Å². The minimum atomic E-state index is -0.327. The number of ether oxygens (including phenoxy) is 1. The number of thiophene rings is 1. The van der Waals surface area contributed by atoms with Crippen molar-refractivity contribution in [2.75, 3.05) is 25.1 Å². The van der Waals surface area contributed by atoms with E-state index in [2.05, 4.69) is 16.7 Å². The summed E-state index contributed by atoms with van der Waals surface area (Å²) in [4.78, 5) is 13.5. The van der Waals surface area contributed by atoms with Crippen LogP contribution in [0.15, 0.2) is 0 Å². The Hall–Kier alpha value is -1.42. The van der Waals surface area contributed by atoms with Crippen LogP contribution in [0.3, 0.4) is 0 Å². The van der Waals surface area contributed by atoms with E-state index in [4.69, 9.17) is 4.74 Å². The summed E-state index contributed by atoms with van der Waals surface area (Å²) < 4.78 is 5.31. The number of nitrogens with one attached hydrogen (secondary N) is 2. The van der Waals surface area contributed by atoms with Crippen LogP contribution in [0.25, 0.3) is 0 Å². The first-order valence-corrected chi connectivity index (χ1v) is 8.28. The van der Waals surface area contributed by atoms with Crippen LogP contribution in [0.1, 0.15) is 35.3 Å². The molecule has 2 heterocycles. The van der Waals surface area contributed by atoms with Gasteiger partial charge in [0, 0.05) is 11.4 Å². The van der Waals surface area contributed by atoms with Gasteiger partial charge in [0.15, 0.2) is 0 Å². The first-order chi connectivity index (χ1) is 10.3. The van der Waals surface area contributed by atoms with Crippen LogP contribution < -0.4 is 10.6 Å². The minimum absolute atomic E-state index is 0.109. The Morgan fingerprint density at radius 3 is 3.00 bits per heavy atom. The summed E-state index contributed by atoms with van der Waals surface area (Å²) in [6, 6.07) is 1.96. The summed E-state index contributed by atoms with van der Waals surface area (Å²) in [6.07, 6.45) is 5.50. The maximum absolute atomic E-state index is 12.3. The lowest BCUT2D eigenvalue weighted by atomic mass is 10.1. The molecule has 1 amide bonds. The van der Waals surface area contributed by atoms with E-state index >= 15 is 0 Å². The van der Waals surface area contributed by atoms with E-state index < -0.39 is 0 Å². The number of carbonyl (C=O) groups excluding carboxylic acids is 1. The van der Waals surface area contributed by atoms with Crippen molar-refractivity contribution in [3.63, 3.8) is 0 Å². The molecule has 1 aliphatic heterocycles. The van der Waals surface area contributed by atoms with Gasteiger partial charge in [-0.3, -0.25) is 4.79 Å². The first kappa shape index (κ1) is 14.5. The number of hydrogen-bond acceptors (Lipinski definition) is 5. The maximum atomic E-state index is 12.3. The van der Waals surface area contributed by atoms with Gasteiger partial charge in [0.25, 0.3) is 0 Å². The van der Waals surface area contributed by atoms with E-state index in [-0.39, 0.29) is 11.9 Å². The number of aryl methyl sites for hydroxylation is 1. The predicted molar refractivity (Wildman–Crippen MR) is 81.5 cm³/mol. The number of hydrogen-bond donors (Lipinski definition) is 2. The number of rotatable bonds is 2. The van der Waals surface area contributed by atoms with Gasteiger partial charge in [-0.05, 0) is 31.2 Å². The third kappa shape index (κ3) is 3.10. The van der Waals surface area contributed by atoms with Crippen molar-refractivity contribution in [2.24, 2.45) is 0 Å². The number of anilines is 1. The fourth-order valence-electron chi connectivity index (χ4n) is 2.88. The van der Waals surface area contributed by atoms with Crippen LogP contribution in [-0.2, 0) is 22.4 Å². The van der Waals surface area contributed by atoms with Crippen LogP contribution >= 0.6 is 11.3 Å². The van der Waals surface area contributed by atoms with Crippen LogP contribution in [0.2, 0.25) is 0 Å². The Morgan fingerprint density at radius 2 is 2.24 bits per heavy atom. The highest BCUT2D eigenvalue weighted by atomic mass is 32.1. The van der Waals surface area contributed by atoms with Gasteiger partial charge in [-0.15, -0.1) is 11.3 Å². The molecule has 1 unspecified atom stereocenters. The van der Waals surface area contributed by atoms with Crippen molar-refractivity contribution in [1.82, 2.24) is 5.32 Å². The Bertz CT molecular complexity index is 570. The Labute approximate surface area is 128 Å². The fourth-order valence-corrected chi connectivity index (χ4v) is 4.12. The Balaban J connectivity index is 1.79. The van der Waals surface area contributed by atoms with E-state index in [0.29, 0.717) is 30.3 Å². The van der Waals surface area contributed by atoms with E-state index in [1.54, 1.807) is 11.3 Å². The molecule has 21 heavy (non-hydrogen) atoms. The van der Waals surface area contributed by atoms with Crippen molar-refractivity contribution >= 4 is 22.2 Å². The average molecular weight is 305 g/mol. The Morgan fingerprint density at radius 1 is 1.38 bits per heavy atom. The summed E-state index contributed by atoms with van der Waals surface area (Å²) >= 11 is 1.57. The van der Waals surface area contributed by atoms with E-state index in [1.165, 1.54) is 17.7 Å². The molecule has 1 aromatic heterocycles. The molecular formula is C15H19N3O2S. The van der Waals surface area contributed by atoms with Crippen molar-refractivity contribution < 1.29 is 9.53 Å². The number of nitriles is 1. The largest absolute Gasteiger partial charge is 0.378 e. The standard InChI is InChI=1S/C15H19N3O2S/c16-8-11-10-4-2-1-3-5-13(10)21-15(11)18-14(19)12-9-20-7-6-17-12/h12,17H,1-7,9H2,(H,18,19). The van der Waals surface area contributed by atoms with Crippen molar-refractivity contribution in [3.05, 3.63) is 16.0 Å². The highest BCUT2D eigenvalue weighted by molar-refractivity contribution is 7.16. The molecule has 0 aromatic carbocycles. The van der Waals surface area contributed by atoms with Gasteiger partial charge in [-0.1, -0.05) is 6.42 Å². The normalized spacial score (nSPS) is 22.0. The van der Waals surface area contributed by atoms with Gasteiger partial charge < -0.3 is 15.4 Å². The third-order valence-corrected chi connectivity index (χ3v) is 5.22.